The van der Waals surface area contributed by atoms with Crippen molar-refractivity contribution in [2.75, 3.05) is 6.54 Å². The van der Waals surface area contributed by atoms with Gasteiger partial charge in [-0.2, -0.15) is 5.16 Å². The number of benzene rings is 2. The molecule has 2 aromatic carbocycles. The lowest BCUT2D eigenvalue weighted by Gasteiger charge is -2.24. The van der Waals surface area contributed by atoms with Crippen LogP contribution in [0.1, 0.15) is 16.1 Å². The van der Waals surface area contributed by atoms with E-state index >= 15 is 0 Å². The Hall–Kier alpha value is -3.76. The highest BCUT2D eigenvalue weighted by atomic mass is 19.1. The van der Waals surface area contributed by atoms with Crippen LogP contribution in [0.4, 0.5) is 4.39 Å². The molecule has 9 nitrogen and oxygen atoms in total. The summed E-state index contributed by atoms with van der Waals surface area (Å²) in [6.45, 7) is -0.603. The van der Waals surface area contributed by atoms with Gasteiger partial charge < -0.3 is 14.7 Å². The number of aliphatic carboxylic acids is 1. The third-order valence-electron chi connectivity index (χ3n) is 4.18. The van der Waals surface area contributed by atoms with Gasteiger partial charge in [-0.15, -0.1) is 0 Å². The predicted molar refractivity (Wildman–Crippen MR) is 103 cm³/mol. The minimum Gasteiger partial charge on any atom is -0.479 e. The van der Waals surface area contributed by atoms with E-state index in [0.29, 0.717) is 16.7 Å². The molecule has 156 valence electrons. The monoisotopic (exact) mass is 415 g/mol. The molecule has 0 saturated carbocycles. The Balaban J connectivity index is 1.79. The largest absolute Gasteiger partial charge is 0.479 e. The topological polar surface area (TPSA) is 136 Å². The van der Waals surface area contributed by atoms with E-state index in [1.165, 1.54) is 6.07 Å². The summed E-state index contributed by atoms with van der Waals surface area (Å²) < 4.78 is 19.3. The van der Waals surface area contributed by atoms with Crippen molar-refractivity contribution in [3.05, 3.63) is 82.1 Å². The first-order valence-corrected chi connectivity index (χ1v) is 8.82. The molecule has 30 heavy (non-hydrogen) atoms. The van der Waals surface area contributed by atoms with Crippen molar-refractivity contribution in [1.82, 2.24) is 15.6 Å². The Kier molecular flexibility index (Phi) is 6.40. The first-order valence-electron chi connectivity index (χ1n) is 8.82. The number of nitrogens with zero attached hydrogens (tertiary/aromatic N) is 1. The molecule has 3 rings (SSSR count). The van der Waals surface area contributed by atoms with Crippen molar-refractivity contribution in [2.24, 2.45) is 0 Å². The van der Waals surface area contributed by atoms with Gasteiger partial charge in [-0.3, -0.25) is 15.0 Å². The zero-order chi connectivity index (χ0) is 21.7. The smallest absolute Gasteiger partial charge is 0.333 e. The fourth-order valence-corrected chi connectivity index (χ4v) is 2.76. The van der Waals surface area contributed by atoms with Gasteiger partial charge in [-0.25, -0.2) is 14.2 Å². The Bertz CT molecular complexity index is 1100. The second-order valence-corrected chi connectivity index (χ2v) is 6.43. The van der Waals surface area contributed by atoms with E-state index in [2.05, 4.69) is 5.43 Å². The summed E-state index contributed by atoms with van der Waals surface area (Å²) >= 11 is 0. The Labute approximate surface area is 169 Å². The second-order valence-electron chi connectivity index (χ2n) is 6.43. The van der Waals surface area contributed by atoms with Crippen molar-refractivity contribution in [3.8, 4) is 11.1 Å². The first-order chi connectivity index (χ1) is 14.3. The maximum Gasteiger partial charge on any atom is 0.333 e. The van der Waals surface area contributed by atoms with Crippen LogP contribution in [-0.2, 0) is 11.3 Å². The minimum absolute atomic E-state index is 0.114. The number of aromatic amines is 1. The molecule has 0 radical (unpaired) electrons. The first kappa shape index (κ1) is 21.0. The van der Waals surface area contributed by atoms with Crippen LogP contribution in [0, 0.1) is 5.82 Å². The van der Waals surface area contributed by atoms with E-state index in [1.54, 1.807) is 36.4 Å². The minimum atomic E-state index is -1.81. The molecule has 4 N–H and O–H groups in total. The Morgan fingerprint density at radius 1 is 1.17 bits per heavy atom. The third-order valence-corrected chi connectivity index (χ3v) is 4.18. The maximum atomic E-state index is 14.6. The van der Waals surface area contributed by atoms with Crippen LogP contribution in [0.15, 0.2) is 63.9 Å². The lowest BCUT2D eigenvalue weighted by molar-refractivity contribution is -0.148. The number of rotatable bonds is 8. The Morgan fingerprint density at radius 3 is 2.50 bits per heavy atom. The van der Waals surface area contributed by atoms with E-state index in [4.69, 9.17) is 9.63 Å². The third kappa shape index (κ3) is 5.19. The second kappa shape index (κ2) is 9.16. The van der Waals surface area contributed by atoms with Gasteiger partial charge in [0.1, 0.15) is 5.82 Å². The number of halogens is 1. The van der Waals surface area contributed by atoms with Crippen LogP contribution >= 0.6 is 0 Å². The molecular formula is C20H18FN3O6. The van der Waals surface area contributed by atoms with Crippen molar-refractivity contribution in [2.45, 2.75) is 12.6 Å². The van der Waals surface area contributed by atoms with Gasteiger partial charge in [0.2, 0.25) is 5.76 Å². The summed E-state index contributed by atoms with van der Waals surface area (Å²) in [7, 11) is 0. The van der Waals surface area contributed by atoms with Crippen LogP contribution < -0.4 is 11.0 Å². The van der Waals surface area contributed by atoms with E-state index in [9.17, 15) is 23.9 Å². The maximum absolute atomic E-state index is 14.6. The number of hydrogen-bond donors (Lipinski definition) is 4. The van der Waals surface area contributed by atoms with Crippen LogP contribution in [0.25, 0.3) is 11.1 Å². The summed E-state index contributed by atoms with van der Waals surface area (Å²) in [5, 5.41) is 21.7. The number of aliphatic hydroxyl groups excluding tert-OH is 1. The van der Waals surface area contributed by atoms with E-state index in [0.717, 1.165) is 11.1 Å². The summed E-state index contributed by atoms with van der Waals surface area (Å²) in [6.07, 6.45) is -1.81. The molecule has 0 bridgehead atoms. The van der Waals surface area contributed by atoms with E-state index in [1.807, 2.05) is 11.2 Å². The summed E-state index contributed by atoms with van der Waals surface area (Å²) in [5.74, 6) is -3.17. The fourth-order valence-electron chi connectivity index (χ4n) is 2.76. The molecule has 1 heterocycles. The molecule has 1 aromatic heterocycles. The van der Waals surface area contributed by atoms with Gasteiger partial charge in [-0.05, 0) is 17.2 Å². The van der Waals surface area contributed by atoms with Crippen molar-refractivity contribution in [1.29, 1.82) is 0 Å². The molecular weight excluding hydrogens is 397 g/mol. The summed E-state index contributed by atoms with van der Waals surface area (Å²) in [6, 6.07) is 14.3. The highest BCUT2D eigenvalue weighted by Gasteiger charge is 2.22. The van der Waals surface area contributed by atoms with Crippen molar-refractivity contribution < 1.29 is 28.7 Å². The van der Waals surface area contributed by atoms with Gasteiger partial charge in [-0.1, -0.05) is 42.5 Å². The zero-order valence-corrected chi connectivity index (χ0v) is 15.5. The van der Waals surface area contributed by atoms with Crippen LogP contribution in [0.2, 0.25) is 0 Å². The summed E-state index contributed by atoms with van der Waals surface area (Å²) in [4.78, 5) is 34.3. The number of hydrogen-bond acceptors (Lipinski definition) is 6. The van der Waals surface area contributed by atoms with Crippen LogP contribution in [0.3, 0.4) is 0 Å². The zero-order valence-electron chi connectivity index (χ0n) is 15.5. The lowest BCUT2D eigenvalue weighted by atomic mass is 10.0. The van der Waals surface area contributed by atoms with E-state index in [-0.39, 0.29) is 12.3 Å². The van der Waals surface area contributed by atoms with E-state index < -0.39 is 35.9 Å². The molecule has 0 aliphatic heterocycles. The summed E-state index contributed by atoms with van der Waals surface area (Å²) in [5.41, 5.74) is 3.21. The number of carboxylic acids is 1. The number of hydrazine groups is 1. The number of nitrogens with one attached hydrogen (secondary N) is 2. The Morgan fingerprint density at radius 2 is 1.90 bits per heavy atom. The van der Waals surface area contributed by atoms with Crippen molar-refractivity contribution in [3.63, 3.8) is 0 Å². The molecule has 0 fully saturated rings. The average Bonchev–Trinajstić information content (AvgIpc) is 3.15. The molecule has 0 aliphatic carbocycles. The number of aromatic nitrogens is 1. The normalized spacial score (nSPS) is 12.0. The molecule has 1 amide bonds. The van der Waals surface area contributed by atoms with Gasteiger partial charge in [0, 0.05) is 12.1 Å². The number of carbonyl (C=O) groups excluding carboxylic acids is 1. The lowest BCUT2D eigenvalue weighted by Crippen LogP contribution is -2.47. The molecule has 0 spiro atoms. The van der Waals surface area contributed by atoms with Gasteiger partial charge >= 0.3 is 11.9 Å². The number of carboxylic acid groups (broad SMARTS) is 1. The highest BCUT2D eigenvalue weighted by Crippen LogP contribution is 2.23. The standard InChI is InChI=1S/C20H18FN3O6/c21-15-8-12(6-7-14(15)13-4-2-1-3-5-13)10-24(11-16(25)20(28)29)22-19(27)17-9-18(26)23-30-17/h1-9,16,25H,10-11H2,(H,22,27)(H,23,26)(H,28,29)/t16-/m1/s1. The van der Waals surface area contributed by atoms with Crippen LogP contribution in [-0.4, -0.2) is 44.9 Å². The molecule has 0 unspecified atom stereocenters. The number of amides is 1. The van der Waals surface area contributed by atoms with Gasteiger partial charge in [0.15, 0.2) is 6.10 Å². The van der Waals surface area contributed by atoms with Crippen molar-refractivity contribution >= 4 is 11.9 Å². The molecule has 1 atom stereocenters. The highest BCUT2D eigenvalue weighted by molar-refractivity contribution is 5.90. The molecule has 0 aliphatic rings. The fraction of sp³-hybridized carbons (Fsp3) is 0.150. The van der Waals surface area contributed by atoms with Gasteiger partial charge in [0.25, 0.3) is 5.56 Å². The quantitative estimate of drug-likeness (QED) is 0.408. The predicted octanol–water partition coefficient (Wildman–Crippen LogP) is 1.37. The number of carbonyl (C=O) groups is 2. The molecule has 3 aromatic rings. The molecule has 10 heteroatoms. The average molecular weight is 415 g/mol. The molecule has 0 saturated heterocycles. The number of aliphatic hydroxyl groups is 1. The SMILES string of the molecule is O=C(NN(Cc1ccc(-c2ccccc2)c(F)c1)C[C@@H](O)C(=O)O)c1cc(=O)[nH]o1. The van der Waals surface area contributed by atoms with Crippen LogP contribution in [0.5, 0.6) is 0 Å². The van der Waals surface area contributed by atoms with Gasteiger partial charge in [0.05, 0.1) is 12.6 Å². The number of H-pyrrole nitrogens is 1.